The SMILES string of the molecule is CCOC(=O)/C(C(C)=N)=C(/O)c1ccc(Br)cc1. The van der Waals surface area contributed by atoms with Crippen LogP contribution >= 0.6 is 15.9 Å². The predicted octanol–water partition coefficient (Wildman–Crippen LogP) is 3.32. The lowest BCUT2D eigenvalue weighted by Crippen LogP contribution is -2.15. The summed E-state index contributed by atoms with van der Waals surface area (Å²) in [5.74, 6) is -0.932. The van der Waals surface area contributed by atoms with Crippen molar-refractivity contribution in [3.05, 3.63) is 39.9 Å². The molecule has 1 aromatic rings. The summed E-state index contributed by atoms with van der Waals surface area (Å²) in [5.41, 5.74) is 0.320. The number of aliphatic hydroxyl groups is 1. The molecule has 0 saturated carbocycles. The highest BCUT2D eigenvalue weighted by Crippen LogP contribution is 2.20. The van der Waals surface area contributed by atoms with Gasteiger partial charge in [-0.05, 0) is 26.0 Å². The Balaban J connectivity index is 3.23. The normalized spacial score (nSPS) is 11.7. The molecular weight excluding hydrogens is 298 g/mol. The number of carbonyl (C=O) groups is 1. The second kappa shape index (κ2) is 6.35. The van der Waals surface area contributed by atoms with Crippen molar-refractivity contribution >= 4 is 33.4 Å². The van der Waals surface area contributed by atoms with E-state index >= 15 is 0 Å². The van der Waals surface area contributed by atoms with Gasteiger partial charge in [-0.3, -0.25) is 0 Å². The molecule has 0 heterocycles. The first kappa shape index (κ1) is 14.4. The Kier molecular flexibility index (Phi) is 5.09. The second-order valence-corrected chi connectivity index (χ2v) is 4.49. The van der Waals surface area contributed by atoms with Gasteiger partial charge in [-0.15, -0.1) is 0 Å². The van der Waals surface area contributed by atoms with E-state index in [1.54, 1.807) is 31.2 Å². The first-order valence-corrected chi connectivity index (χ1v) is 6.18. The Morgan fingerprint density at radius 3 is 2.39 bits per heavy atom. The molecule has 18 heavy (non-hydrogen) atoms. The first-order chi connectivity index (χ1) is 8.47. The van der Waals surface area contributed by atoms with Crippen molar-refractivity contribution in [3.63, 3.8) is 0 Å². The summed E-state index contributed by atoms with van der Waals surface area (Å²) in [6, 6.07) is 6.80. The van der Waals surface area contributed by atoms with Crippen molar-refractivity contribution in [2.75, 3.05) is 6.61 Å². The molecule has 0 aromatic heterocycles. The summed E-state index contributed by atoms with van der Waals surface area (Å²) in [7, 11) is 0. The molecule has 5 heteroatoms. The molecule has 0 radical (unpaired) electrons. The van der Waals surface area contributed by atoms with Gasteiger partial charge in [0.1, 0.15) is 11.3 Å². The Hall–Kier alpha value is -1.62. The molecule has 96 valence electrons. The maximum absolute atomic E-state index is 11.7. The van der Waals surface area contributed by atoms with Crippen LogP contribution < -0.4 is 0 Å². The zero-order chi connectivity index (χ0) is 13.7. The van der Waals surface area contributed by atoms with E-state index in [1.807, 2.05) is 0 Å². The summed E-state index contributed by atoms with van der Waals surface area (Å²) < 4.78 is 5.69. The number of ether oxygens (including phenoxy) is 1. The molecule has 0 unspecified atom stereocenters. The van der Waals surface area contributed by atoms with Gasteiger partial charge in [0.25, 0.3) is 0 Å². The summed E-state index contributed by atoms with van der Waals surface area (Å²) in [4.78, 5) is 11.7. The molecule has 0 saturated heterocycles. The number of hydrogen-bond acceptors (Lipinski definition) is 4. The fourth-order valence-electron chi connectivity index (χ4n) is 1.38. The Labute approximate surface area is 114 Å². The quantitative estimate of drug-likeness (QED) is 0.388. The van der Waals surface area contributed by atoms with Crippen molar-refractivity contribution in [1.29, 1.82) is 5.41 Å². The smallest absolute Gasteiger partial charge is 0.343 e. The van der Waals surface area contributed by atoms with Crippen LogP contribution in [0, 0.1) is 5.41 Å². The highest BCUT2D eigenvalue weighted by molar-refractivity contribution is 9.10. The average molecular weight is 312 g/mol. The van der Waals surface area contributed by atoms with Crippen LogP contribution in [0.3, 0.4) is 0 Å². The zero-order valence-electron chi connectivity index (χ0n) is 10.2. The third kappa shape index (κ3) is 3.43. The minimum Gasteiger partial charge on any atom is -0.506 e. The van der Waals surface area contributed by atoms with Gasteiger partial charge in [-0.2, -0.15) is 0 Å². The van der Waals surface area contributed by atoms with E-state index in [0.29, 0.717) is 5.56 Å². The maximum atomic E-state index is 11.7. The van der Waals surface area contributed by atoms with E-state index in [2.05, 4.69) is 15.9 Å². The molecule has 4 nitrogen and oxygen atoms in total. The van der Waals surface area contributed by atoms with Gasteiger partial charge in [-0.1, -0.05) is 28.1 Å². The standard InChI is InChI=1S/C13H14BrNO3/c1-3-18-13(17)11(8(2)15)12(16)9-4-6-10(14)7-5-9/h4-7,15-16H,3H2,1-2H3/b12-11+,15-8?. The van der Waals surface area contributed by atoms with Gasteiger partial charge >= 0.3 is 5.97 Å². The van der Waals surface area contributed by atoms with Crippen LogP contribution in [0.15, 0.2) is 34.3 Å². The number of hydrogen-bond donors (Lipinski definition) is 2. The lowest BCUT2D eigenvalue weighted by atomic mass is 10.1. The van der Waals surface area contributed by atoms with Crippen molar-refractivity contribution in [1.82, 2.24) is 0 Å². The molecular formula is C13H14BrNO3. The third-order valence-corrected chi connectivity index (χ3v) is 2.74. The van der Waals surface area contributed by atoms with Crippen molar-refractivity contribution < 1.29 is 14.6 Å². The molecule has 1 aromatic carbocycles. The maximum Gasteiger partial charge on any atom is 0.343 e. The molecule has 0 aliphatic carbocycles. The molecule has 2 N–H and O–H groups in total. The summed E-state index contributed by atoms with van der Waals surface area (Å²) >= 11 is 3.28. The molecule has 0 aliphatic rings. The Morgan fingerprint density at radius 2 is 1.94 bits per heavy atom. The zero-order valence-corrected chi connectivity index (χ0v) is 11.7. The summed E-state index contributed by atoms with van der Waals surface area (Å²) in [6.07, 6.45) is 0. The van der Waals surface area contributed by atoms with Gasteiger partial charge in [0.15, 0.2) is 0 Å². The molecule has 0 fully saturated rings. The third-order valence-electron chi connectivity index (χ3n) is 2.21. The van der Waals surface area contributed by atoms with Gasteiger partial charge < -0.3 is 15.3 Å². The van der Waals surface area contributed by atoms with Crippen molar-refractivity contribution in [2.45, 2.75) is 13.8 Å². The van der Waals surface area contributed by atoms with Crippen LogP contribution in [-0.2, 0) is 9.53 Å². The van der Waals surface area contributed by atoms with Crippen molar-refractivity contribution in [3.8, 4) is 0 Å². The van der Waals surface area contributed by atoms with Gasteiger partial charge in [-0.25, -0.2) is 4.79 Å². The van der Waals surface area contributed by atoms with E-state index in [0.717, 1.165) is 4.47 Å². The molecule has 0 spiro atoms. The number of halogens is 1. The lowest BCUT2D eigenvalue weighted by molar-refractivity contribution is -0.137. The average Bonchev–Trinajstić information content (AvgIpc) is 2.29. The lowest BCUT2D eigenvalue weighted by Gasteiger charge is -2.09. The summed E-state index contributed by atoms with van der Waals surface area (Å²) in [5, 5.41) is 17.6. The van der Waals surface area contributed by atoms with Crippen LogP contribution in [0.4, 0.5) is 0 Å². The minimum atomic E-state index is -0.689. The summed E-state index contributed by atoms with van der Waals surface area (Å²) in [6.45, 7) is 3.30. The van der Waals surface area contributed by atoms with E-state index in [9.17, 15) is 9.90 Å². The minimum absolute atomic E-state index is 0.0335. The number of esters is 1. The number of rotatable bonds is 4. The van der Waals surface area contributed by atoms with E-state index < -0.39 is 5.97 Å². The number of carbonyl (C=O) groups excluding carboxylic acids is 1. The Morgan fingerprint density at radius 1 is 1.39 bits per heavy atom. The van der Waals surface area contributed by atoms with E-state index in [-0.39, 0.29) is 23.7 Å². The topological polar surface area (TPSA) is 70.4 Å². The van der Waals surface area contributed by atoms with Gasteiger partial charge in [0.05, 0.1) is 6.61 Å². The largest absolute Gasteiger partial charge is 0.506 e. The number of aliphatic hydroxyl groups excluding tert-OH is 1. The fourth-order valence-corrected chi connectivity index (χ4v) is 1.65. The van der Waals surface area contributed by atoms with Crippen LogP contribution in [0.25, 0.3) is 5.76 Å². The molecule has 1 rings (SSSR count). The van der Waals surface area contributed by atoms with Crippen LogP contribution in [0.1, 0.15) is 19.4 Å². The van der Waals surface area contributed by atoms with Gasteiger partial charge in [0, 0.05) is 15.7 Å². The molecule has 0 bridgehead atoms. The van der Waals surface area contributed by atoms with Crippen LogP contribution in [0.2, 0.25) is 0 Å². The van der Waals surface area contributed by atoms with Crippen LogP contribution in [0.5, 0.6) is 0 Å². The van der Waals surface area contributed by atoms with Gasteiger partial charge in [0.2, 0.25) is 0 Å². The number of nitrogens with one attached hydrogen (secondary N) is 1. The highest BCUT2D eigenvalue weighted by Gasteiger charge is 2.19. The van der Waals surface area contributed by atoms with Crippen molar-refractivity contribution in [2.24, 2.45) is 0 Å². The van der Waals surface area contributed by atoms with E-state index in [4.69, 9.17) is 10.1 Å². The van der Waals surface area contributed by atoms with E-state index in [1.165, 1.54) is 6.92 Å². The van der Waals surface area contributed by atoms with Crippen LogP contribution in [-0.4, -0.2) is 23.4 Å². The predicted molar refractivity (Wildman–Crippen MR) is 73.7 cm³/mol. The molecule has 0 amide bonds. The highest BCUT2D eigenvalue weighted by atomic mass is 79.9. The Bertz CT molecular complexity index is 491. The molecule has 0 atom stereocenters. The fraction of sp³-hybridized carbons (Fsp3) is 0.231. The second-order valence-electron chi connectivity index (χ2n) is 3.58. The monoisotopic (exact) mass is 311 g/mol. The molecule has 0 aliphatic heterocycles. The first-order valence-electron chi connectivity index (χ1n) is 5.39. The number of benzene rings is 1.